The molecule has 0 spiro atoms. The molecule has 0 radical (unpaired) electrons. The number of allylic oxidation sites excluding steroid dienone is 3. The van der Waals surface area contributed by atoms with Crippen molar-refractivity contribution < 1.29 is 20.1 Å². The van der Waals surface area contributed by atoms with Crippen LogP contribution in [0.1, 0.15) is 258 Å². The molecule has 3 atom stereocenters. The second-order valence-corrected chi connectivity index (χ2v) is 16.7. The van der Waals surface area contributed by atoms with E-state index in [4.69, 9.17) is 0 Å². The van der Waals surface area contributed by atoms with Crippen molar-refractivity contribution in [3.05, 3.63) is 24.3 Å². The Morgan fingerprint density at radius 3 is 1.19 bits per heavy atom. The van der Waals surface area contributed by atoms with E-state index < -0.39 is 18.2 Å². The number of aliphatic hydroxyl groups is 3. The lowest BCUT2D eigenvalue weighted by molar-refractivity contribution is -0.124. The minimum absolute atomic E-state index is 0.00960. The van der Waals surface area contributed by atoms with E-state index in [2.05, 4.69) is 31.3 Å². The van der Waals surface area contributed by atoms with Gasteiger partial charge in [-0.1, -0.05) is 244 Å². The van der Waals surface area contributed by atoms with Gasteiger partial charge in [0.05, 0.1) is 31.3 Å². The van der Waals surface area contributed by atoms with E-state index in [1.165, 1.54) is 199 Å². The molecule has 4 N–H and O–H groups in total. The third kappa shape index (κ3) is 40.5. The first-order valence-electron chi connectivity index (χ1n) is 24.1. The molecular formula is C49H95NO4. The fraction of sp³-hybridized carbons (Fsp3) is 0.898. The summed E-state index contributed by atoms with van der Waals surface area (Å²) < 4.78 is 0. The van der Waals surface area contributed by atoms with Crippen LogP contribution in [0.15, 0.2) is 24.3 Å². The number of amides is 1. The van der Waals surface area contributed by atoms with Crippen LogP contribution in [0.4, 0.5) is 0 Å². The van der Waals surface area contributed by atoms with Gasteiger partial charge in [0.1, 0.15) is 0 Å². The molecule has 0 aliphatic rings. The van der Waals surface area contributed by atoms with Gasteiger partial charge in [0.2, 0.25) is 5.91 Å². The number of aliphatic hydroxyl groups excluding tert-OH is 3. The molecule has 0 fully saturated rings. The minimum Gasteiger partial charge on any atom is -0.394 e. The van der Waals surface area contributed by atoms with E-state index in [9.17, 15) is 20.1 Å². The van der Waals surface area contributed by atoms with Crippen LogP contribution in [-0.2, 0) is 4.79 Å². The maximum absolute atomic E-state index is 12.4. The van der Waals surface area contributed by atoms with Gasteiger partial charge < -0.3 is 20.6 Å². The first kappa shape index (κ1) is 52.8. The van der Waals surface area contributed by atoms with Crippen LogP contribution in [0.2, 0.25) is 0 Å². The predicted molar refractivity (Wildman–Crippen MR) is 236 cm³/mol. The van der Waals surface area contributed by atoms with E-state index in [0.717, 1.165) is 32.1 Å². The van der Waals surface area contributed by atoms with Crippen molar-refractivity contribution in [3.8, 4) is 0 Å². The molecule has 0 rings (SSSR count). The number of unbranched alkanes of at least 4 members (excludes halogenated alkanes) is 33. The molecule has 0 saturated heterocycles. The minimum atomic E-state index is -0.947. The molecule has 5 nitrogen and oxygen atoms in total. The van der Waals surface area contributed by atoms with Crippen molar-refractivity contribution in [2.24, 2.45) is 0 Å². The zero-order valence-electron chi connectivity index (χ0n) is 36.4. The van der Waals surface area contributed by atoms with E-state index in [0.29, 0.717) is 6.42 Å². The summed E-state index contributed by atoms with van der Waals surface area (Å²) in [5.41, 5.74) is 0. The maximum Gasteiger partial charge on any atom is 0.222 e. The summed E-state index contributed by atoms with van der Waals surface area (Å²) in [6.07, 6.45) is 55.0. The predicted octanol–water partition coefficient (Wildman–Crippen LogP) is 14.2. The van der Waals surface area contributed by atoms with Gasteiger partial charge in [-0.15, -0.1) is 0 Å². The molecule has 0 aromatic heterocycles. The van der Waals surface area contributed by atoms with Gasteiger partial charge in [-0.25, -0.2) is 0 Å². The van der Waals surface area contributed by atoms with Crippen molar-refractivity contribution in [3.63, 3.8) is 0 Å². The van der Waals surface area contributed by atoms with Gasteiger partial charge in [-0.2, -0.15) is 0 Å². The normalized spacial score (nSPS) is 13.6. The first-order chi connectivity index (χ1) is 26.5. The van der Waals surface area contributed by atoms with Crippen LogP contribution in [-0.4, -0.2) is 46.1 Å². The topological polar surface area (TPSA) is 89.8 Å². The Labute approximate surface area is 337 Å². The van der Waals surface area contributed by atoms with E-state index >= 15 is 0 Å². The van der Waals surface area contributed by atoms with E-state index in [1.54, 1.807) is 6.08 Å². The zero-order chi connectivity index (χ0) is 39.4. The smallest absolute Gasteiger partial charge is 0.222 e. The number of carbonyl (C=O) groups is 1. The Morgan fingerprint density at radius 2 is 0.796 bits per heavy atom. The lowest BCUT2D eigenvalue weighted by atomic mass is 10.0. The van der Waals surface area contributed by atoms with Crippen LogP contribution in [0.5, 0.6) is 0 Å². The molecular weight excluding hydrogens is 667 g/mol. The lowest BCUT2D eigenvalue weighted by Crippen LogP contribution is -2.45. The third-order valence-electron chi connectivity index (χ3n) is 11.2. The van der Waals surface area contributed by atoms with E-state index in [1.807, 2.05) is 6.08 Å². The number of rotatable bonds is 44. The molecule has 3 unspecified atom stereocenters. The number of nitrogens with one attached hydrogen (secondary N) is 1. The number of hydrogen-bond acceptors (Lipinski definition) is 4. The molecule has 0 aliphatic carbocycles. The summed E-state index contributed by atoms with van der Waals surface area (Å²) in [7, 11) is 0. The quantitative estimate of drug-likeness (QED) is 0.0368. The standard InChI is InChI=1S/C49H95NO4/c1-3-5-7-9-11-13-15-16-17-18-19-20-21-22-23-24-25-26-27-28-29-30-31-33-34-36-38-40-42-46(52)44-49(54)50-47(45-51)48(53)43-41-39-37-35-32-14-12-10-8-6-4-2/h32,35,41,43,46-48,51-53H,3-31,33-34,36-40,42,44-45H2,1-2H3,(H,50,54)/b35-32+,43-41+. The van der Waals surface area contributed by atoms with E-state index in [-0.39, 0.29) is 18.9 Å². The Morgan fingerprint density at radius 1 is 0.463 bits per heavy atom. The van der Waals surface area contributed by atoms with Crippen LogP contribution in [0, 0.1) is 0 Å². The molecule has 0 aromatic carbocycles. The second kappa shape index (κ2) is 44.5. The van der Waals surface area contributed by atoms with Gasteiger partial charge in [-0.3, -0.25) is 4.79 Å². The molecule has 0 saturated carbocycles. The van der Waals surface area contributed by atoms with Crippen LogP contribution in [0.25, 0.3) is 0 Å². The van der Waals surface area contributed by atoms with Crippen molar-refractivity contribution in [2.75, 3.05) is 6.61 Å². The molecule has 0 bridgehead atoms. The first-order valence-corrected chi connectivity index (χ1v) is 24.1. The molecule has 1 amide bonds. The fourth-order valence-electron chi connectivity index (χ4n) is 7.53. The van der Waals surface area contributed by atoms with Crippen LogP contribution >= 0.6 is 0 Å². The van der Waals surface area contributed by atoms with Gasteiger partial charge in [-0.05, 0) is 32.1 Å². The highest BCUT2D eigenvalue weighted by molar-refractivity contribution is 5.76. The zero-order valence-corrected chi connectivity index (χ0v) is 36.4. The van der Waals surface area contributed by atoms with Gasteiger partial charge in [0.15, 0.2) is 0 Å². The SMILES string of the molecule is CCCCCCC/C=C/CC/C=C/C(O)C(CO)NC(=O)CC(O)CCCCCCCCCCCCCCCCCCCCCCCCCCCCCC. The highest BCUT2D eigenvalue weighted by Crippen LogP contribution is 2.17. The molecule has 0 heterocycles. The molecule has 54 heavy (non-hydrogen) atoms. The van der Waals surface area contributed by atoms with Crippen molar-refractivity contribution >= 4 is 5.91 Å². The number of hydrogen-bond donors (Lipinski definition) is 4. The summed E-state index contributed by atoms with van der Waals surface area (Å²) in [6, 6.07) is -0.756. The summed E-state index contributed by atoms with van der Waals surface area (Å²) >= 11 is 0. The highest BCUT2D eigenvalue weighted by Gasteiger charge is 2.20. The Bertz CT molecular complexity index is 799. The van der Waals surface area contributed by atoms with Crippen molar-refractivity contribution in [1.29, 1.82) is 0 Å². The van der Waals surface area contributed by atoms with Gasteiger partial charge in [0.25, 0.3) is 0 Å². The molecule has 0 aromatic rings. The highest BCUT2D eigenvalue weighted by atomic mass is 16.3. The largest absolute Gasteiger partial charge is 0.394 e. The Hall–Kier alpha value is -1.17. The second-order valence-electron chi connectivity index (χ2n) is 16.7. The fourth-order valence-corrected chi connectivity index (χ4v) is 7.53. The molecule has 0 aliphatic heterocycles. The summed E-state index contributed by atoms with van der Waals surface area (Å²) in [5.74, 6) is -0.323. The summed E-state index contributed by atoms with van der Waals surface area (Å²) in [6.45, 7) is 4.19. The average Bonchev–Trinajstić information content (AvgIpc) is 3.16. The van der Waals surface area contributed by atoms with Gasteiger partial charge >= 0.3 is 0 Å². The molecule has 320 valence electrons. The van der Waals surface area contributed by atoms with Crippen molar-refractivity contribution in [1.82, 2.24) is 5.32 Å². The maximum atomic E-state index is 12.4. The van der Waals surface area contributed by atoms with Gasteiger partial charge in [0, 0.05) is 0 Å². The summed E-state index contributed by atoms with van der Waals surface area (Å²) in [4.78, 5) is 12.4. The number of carbonyl (C=O) groups excluding carboxylic acids is 1. The Balaban J connectivity index is 3.51. The third-order valence-corrected chi connectivity index (χ3v) is 11.2. The molecule has 5 heteroatoms. The average molecular weight is 762 g/mol. The van der Waals surface area contributed by atoms with Crippen molar-refractivity contribution in [2.45, 2.75) is 276 Å². The Kier molecular flexibility index (Phi) is 43.6. The monoisotopic (exact) mass is 762 g/mol. The lowest BCUT2D eigenvalue weighted by Gasteiger charge is -2.21. The van der Waals surface area contributed by atoms with Crippen LogP contribution < -0.4 is 5.32 Å². The summed E-state index contributed by atoms with van der Waals surface area (Å²) in [5, 5.41) is 33.1. The van der Waals surface area contributed by atoms with Crippen LogP contribution in [0.3, 0.4) is 0 Å².